The lowest BCUT2D eigenvalue weighted by Gasteiger charge is -2.19. The average Bonchev–Trinajstić information content (AvgIpc) is 3.82. The van der Waals surface area contributed by atoms with Crippen molar-refractivity contribution in [1.29, 1.82) is 0 Å². The standard InChI is InChI=1S/C56H32O2/c1-2-12-41-33(10-1)11-9-18-43(41)56-46-16-5-3-14-44(46)55(45-15-4-6-17-47(45)56)39-25-24-35-26-34(20-21-36(35)27-39)37-22-23-38-30-52-48(29-40(38)28-37)50-32-53-49(31-54(50)58-52)42-13-7-8-19-51(42)57-53/h1-32H. The van der Waals surface area contributed by atoms with Crippen LogP contribution in [0.4, 0.5) is 0 Å². The van der Waals surface area contributed by atoms with Crippen molar-refractivity contribution in [2.45, 2.75) is 0 Å². The number of para-hydroxylation sites is 1. The Labute approximate surface area is 332 Å². The number of furan rings is 2. The van der Waals surface area contributed by atoms with E-state index in [9.17, 15) is 0 Å². The predicted octanol–water partition coefficient (Wildman–Crippen LogP) is 16.3. The van der Waals surface area contributed by atoms with Crippen molar-refractivity contribution in [2.24, 2.45) is 0 Å². The zero-order valence-corrected chi connectivity index (χ0v) is 31.3. The summed E-state index contributed by atoms with van der Waals surface area (Å²) < 4.78 is 12.7. The van der Waals surface area contributed by atoms with E-state index in [0.29, 0.717) is 0 Å². The van der Waals surface area contributed by atoms with Crippen LogP contribution in [-0.2, 0) is 0 Å². The Balaban J connectivity index is 0.925. The van der Waals surface area contributed by atoms with Crippen molar-refractivity contribution in [3.8, 4) is 33.4 Å². The van der Waals surface area contributed by atoms with E-state index < -0.39 is 0 Å². The molecule has 0 unspecified atom stereocenters. The van der Waals surface area contributed by atoms with Crippen LogP contribution in [0, 0.1) is 0 Å². The van der Waals surface area contributed by atoms with E-state index in [4.69, 9.17) is 8.83 Å². The molecule has 0 aliphatic rings. The first kappa shape index (κ1) is 31.5. The van der Waals surface area contributed by atoms with Crippen molar-refractivity contribution in [3.05, 3.63) is 194 Å². The van der Waals surface area contributed by atoms with Gasteiger partial charge in [0.1, 0.15) is 22.3 Å². The summed E-state index contributed by atoms with van der Waals surface area (Å²) >= 11 is 0. The molecule has 0 bridgehead atoms. The largest absolute Gasteiger partial charge is 0.456 e. The normalized spacial score (nSPS) is 12.1. The molecule has 0 spiro atoms. The number of fused-ring (bicyclic) bond motifs is 11. The lowest BCUT2D eigenvalue weighted by molar-refractivity contribution is 0.664. The van der Waals surface area contributed by atoms with Crippen LogP contribution in [0.5, 0.6) is 0 Å². The molecule has 0 aliphatic carbocycles. The van der Waals surface area contributed by atoms with Gasteiger partial charge in [-0.3, -0.25) is 0 Å². The highest BCUT2D eigenvalue weighted by atomic mass is 16.3. The second-order valence-electron chi connectivity index (χ2n) is 15.6. The van der Waals surface area contributed by atoms with Gasteiger partial charge in [-0.15, -0.1) is 0 Å². The molecule has 13 aromatic rings. The maximum Gasteiger partial charge on any atom is 0.136 e. The fourth-order valence-electron chi connectivity index (χ4n) is 9.67. The molecule has 0 radical (unpaired) electrons. The van der Waals surface area contributed by atoms with Crippen LogP contribution in [0.15, 0.2) is 203 Å². The van der Waals surface area contributed by atoms with Gasteiger partial charge in [0.25, 0.3) is 0 Å². The smallest absolute Gasteiger partial charge is 0.136 e. The molecule has 2 nitrogen and oxygen atoms in total. The van der Waals surface area contributed by atoms with E-state index in [1.807, 2.05) is 18.2 Å². The molecule has 2 heterocycles. The van der Waals surface area contributed by atoms with Gasteiger partial charge in [0.05, 0.1) is 0 Å². The summed E-state index contributed by atoms with van der Waals surface area (Å²) in [6.45, 7) is 0. The van der Waals surface area contributed by atoms with Crippen LogP contribution >= 0.6 is 0 Å². The minimum absolute atomic E-state index is 0.875. The Morgan fingerprint density at radius 1 is 0.224 bits per heavy atom. The molecular formula is C56H32O2. The van der Waals surface area contributed by atoms with Crippen LogP contribution in [0.2, 0.25) is 0 Å². The summed E-state index contributed by atoms with van der Waals surface area (Å²) in [4.78, 5) is 0. The van der Waals surface area contributed by atoms with Crippen LogP contribution in [0.3, 0.4) is 0 Å². The Hall–Kier alpha value is -7.68. The zero-order valence-electron chi connectivity index (χ0n) is 31.3. The number of hydrogen-bond acceptors (Lipinski definition) is 2. The van der Waals surface area contributed by atoms with Crippen LogP contribution < -0.4 is 0 Å². The van der Waals surface area contributed by atoms with E-state index in [2.05, 4.69) is 176 Å². The number of benzene rings is 11. The number of rotatable bonds is 3. The summed E-state index contributed by atoms with van der Waals surface area (Å²) in [5.41, 5.74) is 11.0. The van der Waals surface area contributed by atoms with Gasteiger partial charge in [-0.1, -0.05) is 146 Å². The highest BCUT2D eigenvalue weighted by Crippen LogP contribution is 2.46. The fraction of sp³-hybridized carbons (Fsp3) is 0. The zero-order chi connectivity index (χ0) is 37.9. The topological polar surface area (TPSA) is 26.3 Å². The first-order valence-electron chi connectivity index (χ1n) is 19.9. The van der Waals surface area contributed by atoms with Gasteiger partial charge in [-0.05, 0) is 136 Å². The van der Waals surface area contributed by atoms with Gasteiger partial charge >= 0.3 is 0 Å². The molecule has 11 aromatic carbocycles. The summed E-state index contributed by atoms with van der Waals surface area (Å²) in [5, 5.41) is 16.7. The Morgan fingerprint density at radius 2 is 0.690 bits per heavy atom. The van der Waals surface area contributed by atoms with Crippen LogP contribution in [-0.4, -0.2) is 0 Å². The molecule has 0 fully saturated rings. The molecule has 0 saturated heterocycles. The third-order valence-corrected chi connectivity index (χ3v) is 12.4. The van der Waals surface area contributed by atoms with Gasteiger partial charge in [-0.2, -0.15) is 0 Å². The van der Waals surface area contributed by atoms with Crippen molar-refractivity contribution in [3.63, 3.8) is 0 Å². The third kappa shape index (κ3) is 4.60. The van der Waals surface area contributed by atoms with E-state index in [0.717, 1.165) is 49.3 Å². The molecule has 2 aromatic heterocycles. The maximum absolute atomic E-state index is 6.44. The van der Waals surface area contributed by atoms with Crippen molar-refractivity contribution >= 4 is 97.7 Å². The molecule has 0 amide bonds. The second-order valence-corrected chi connectivity index (χ2v) is 15.6. The first-order valence-corrected chi connectivity index (χ1v) is 19.9. The number of hydrogen-bond donors (Lipinski definition) is 0. The van der Waals surface area contributed by atoms with E-state index in [-0.39, 0.29) is 0 Å². The molecule has 268 valence electrons. The van der Waals surface area contributed by atoms with Gasteiger partial charge in [0.2, 0.25) is 0 Å². The van der Waals surface area contributed by atoms with Gasteiger partial charge in [0.15, 0.2) is 0 Å². The lowest BCUT2D eigenvalue weighted by Crippen LogP contribution is -1.91. The van der Waals surface area contributed by atoms with Crippen LogP contribution in [0.25, 0.3) is 131 Å². The van der Waals surface area contributed by atoms with Gasteiger partial charge in [0, 0.05) is 21.5 Å². The van der Waals surface area contributed by atoms with Gasteiger partial charge < -0.3 is 8.83 Å². The maximum atomic E-state index is 6.44. The monoisotopic (exact) mass is 736 g/mol. The molecule has 2 heteroatoms. The minimum atomic E-state index is 0.875. The summed E-state index contributed by atoms with van der Waals surface area (Å²) in [7, 11) is 0. The molecule has 13 rings (SSSR count). The average molecular weight is 737 g/mol. The molecule has 0 aliphatic heterocycles. The van der Waals surface area contributed by atoms with E-state index >= 15 is 0 Å². The summed E-state index contributed by atoms with van der Waals surface area (Å²) in [6.07, 6.45) is 0. The van der Waals surface area contributed by atoms with E-state index in [1.165, 1.54) is 81.9 Å². The Kier molecular flexibility index (Phi) is 6.47. The highest BCUT2D eigenvalue weighted by Gasteiger charge is 2.19. The first-order chi connectivity index (χ1) is 28.7. The SMILES string of the molecule is c1ccc2c(-c3c4ccccc4c(-c4ccc5cc(-c6ccc7cc8oc9cc%10c(cc9c8cc7c6)oc6ccccc6%10)ccc5c4)c4ccccc34)cccc2c1. The van der Waals surface area contributed by atoms with Crippen molar-refractivity contribution in [1.82, 2.24) is 0 Å². The third-order valence-electron chi connectivity index (χ3n) is 12.4. The van der Waals surface area contributed by atoms with Crippen molar-refractivity contribution in [2.75, 3.05) is 0 Å². The lowest BCUT2D eigenvalue weighted by atomic mass is 9.84. The predicted molar refractivity (Wildman–Crippen MR) is 245 cm³/mol. The minimum Gasteiger partial charge on any atom is -0.456 e. The van der Waals surface area contributed by atoms with E-state index in [1.54, 1.807) is 0 Å². The molecular weight excluding hydrogens is 705 g/mol. The van der Waals surface area contributed by atoms with Crippen molar-refractivity contribution < 1.29 is 8.83 Å². The molecule has 58 heavy (non-hydrogen) atoms. The Morgan fingerprint density at radius 3 is 1.40 bits per heavy atom. The quantitative estimate of drug-likeness (QED) is 0.169. The van der Waals surface area contributed by atoms with Gasteiger partial charge in [-0.25, -0.2) is 0 Å². The van der Waals surface area contributed by atoms with Crippen LogP contribution in [0.1, 0.15) is 0 Å². The molecule has 0 N–H and O–H groups in total. The summed E-state index contributed by atoms with van der Waals surface area (Å²) in [6, 6.07) is 70.7. The fourth-order valence-corrected chi connectivity index (χ4v) is 9.67. The highest BCUT2D eigenvalue weighted by molar-refractivity contribution is 6.24. The second kappa shape index (κ2) is 11.9. The molecule has 0 atom stereocenters. The molecule has 0 saturated carbocycles. The summed E-state index contributed by atoms with van der Waals surface area (Å²) in [5.74, 6) is 0. The Bertz CT molecular complexity index is 3800.